The fourth-order valence-corrected chi connectivity index (χ4v) is 2.48. The van der Waals surface area contributed by atoms with Gasteiger partial charge in [0.05, 0.1) is 14.7 Å². The standard InChI is InChI=1S/C10H9BrFN3OS/c1-2-13-9(16)15-10-14-7-3-5(11)6(12)4-8(7)17-10/h3-4H,2H2,1H3,(H2,13,14,15,16). The number of thiazole rings is 1. The summed E-state index contributed by atoms with van der Waals surface area (Å²) in [5, 5.41) is 5.63. The van der Waals surface area contributed by atoms with Crippen LogP contribution in [0.5, 0.6) is 0 Å². The van der Waals surface area contributed by atoms with Gasteiger partial charge >= 0.3 is 6.03 Å². The summed E-state index contributed by atoms with van der Waals surface area (Å²) in [6, 6.07) is 2.66. The predicted octanol–water partition coefficient (Wildman–Crippen LogP) is 3.34. The van der Waals surface area contributed by atoms with Crippen LogP contribution in [0.4, 0.5) is 14.3 Å². The van der Waals surface area contributed by atoms with Crippen LogP contribution >= 0.6 is 27.3 Å². The molecule has 2 aromatic rings. The first-order valence-electron chi connectivity index (χ1n) is 4.90. The van der Waals surface area contributed by atoms with Crippen LogP contribution in [0.25, 0.3) is 10.2 Å². The number of fused-ring (bicyclic) bond motifs is 1. The zero-order valence-corrected chi connectivity index (χ0v) is 11.3. The van der Waals surface area contributed by atoms with Crippen molar-refractivity contribution in [3.8, 4) is 0 Å². The van der Waals surface area contributed by atoms with Crippen molar-refractivity contribution >= 4 is 48.6 Å². The molecule has 0 saturated carbocycles. The predicted molar refractivity (Wildman–Crippen MR) is 70.0 cm³/mol. The molecule has 0 aliphatic carbocycles. The van der Waals surface area contributed by atoms with E-state index in [1.807, 2.05) is 6.92 Å². The van der Waals surface area contributed by atoms with E-state index in [4.69, 9.17) is 0 Å². The number of amides is 2. The van der Waals surface area contributed by atoms with E-state index in [-0.39, 0.29) is 11.8 Å². The number of nitrogens with one attached hydrogen (secondary N) is 2. The Morgan fingerprint density at radius 2 is 2.35 bits per heavy atom. The quantitative estimate of drug-likeness (QED) is 0.892. The third-order valence-electron chi connectivity index (χ3n) is 1.99. The van der Waals surface area contributed by atoms with Gasteiger partial charge in [0.25, 0.3) is 0 Å². The second-order valence-corrected chi connectivity index (χ2v) is 5.12. The highest BCUT2D eigenvalue weighted by atomic mass is 79.9. The summed E-state index contributed by atoms with van der Waals surface area (Å²) >= 11 is 4.32. The largest absolute Gasteiger partial charge is 0.338 e. The van der Waals surface area contributed by atoms with E-state index in [0.717, 1.165) is 0 Å². The van der Waals surface area contributed by atoms with E-state index in [1.165, 1.54) is 17.4 Å². The molecule has 1 heterocycles. The molecule has 90 valence electrons. The maximum Gasteiger partial charge on any atom is 0.321 e. The smallest absolute Gasteiger partial charge is 0.321 e. The summed E-state index contributed by atoms with van der Waals surface area (Å²) in [6.45, 7) is 2.36. The Hall–Kier alpha value is -1.21. The van der Waals surface area contributed by atoms with Crippen molar-refractivity contribution in [1.82, 2.24) is 10.3 Å². The van der Waals surface area contributed by atoms with Crippen LogP contribution in [-0.4, -0.2) is 17.6 Å². The number of rotatable bonds is 2. The van der Waals surface area contributed by atoms with Crippen molar-refractivity contribution in [2.24, 2.45) is 0 Å². The number of nitrogens with zero attached hydrogens (tertiary/aromatic N) is 1. The Bertz CT molecular complexity index is 533. The number of anilines is 1. The van der Waals surface area contributed by atoms with E-state index < -0.39 is 0 Å². The lowest BCUT2D eigenvalue weighted by molar-refractivity contribution is 0.252. The number of carbonyl (C=O) groups excluding carboxylic acids is 1. The summed E-state index contributed by atoms with van der Waals surface area (Å²) in [6.07, 6.45) is 0. The van der Waals surface area contributed by atoms with Crippen molar-refractivity contribution < 1.29 is 9.18 Å². The number of hydrogen-bond acceptors (Lipinski definition) is 3. The molecule has 17 heavy (non-hydrogen) atoms. The normalized spacial score (nSPS) is 10.5. The molecule has 0 aliphatic heterocycles. The van der Waals surface area contributed by atoms with Gasteiger partial charge in [-0.25, -0.2) is 14.2 Å². The first kappa shape index (κ1) is 12.3. The van der Waals surface area contributed by atoms with Gasteiger partial charge in [0, 0.05) is 6.54 Å². The lowest BCUT2D eigenvalue weighted by Crippen LogP contribution is -2.28. The summed E-state index contributed by atoms with van der Waals surface area (Å²) in [5.41, 5.74) is 0.648. The van der Waals surface area contributed by atoms with Crippen LogP contribution < -0.4 is 10.6 Å². The molecule has 2 amide bonds. The van der Waals surface area contributed by atoms with Crippen molar-refractivity contribution in [2.45, 2.75) is 6.92 Å². The number of aromatic nitrogens is 1. The second kappa shape index (κ2) is 4.97. The Kier molecular flexibility index (Phi) is 3.58. The van der Waals surface area contributed by atoms with Gasteiger partial charge in [0.15, 0.2) is 5.13 Å². The van der Waals surface area contributed by atoms with Crippen LogP contribution in [0.1, 0.15) is 6.92 Å². The van der Waals surface area contributed by atoms with Crippen LogP contribution in [0.3, 0.4) is 0 Å². The lowest BCUT2D eigenvalue weighted by atomic mass is 10.3. The monoisotopic (exact) mass is 317 g/mol. The molecule has 0 fully saturated rings. The molecular weight excluding hydrogens is 309 g/mol. The average molecular weight is 318 g/mol. The Labute approximate surface area is 109 Å². The Morgan fingerprint density at radius 3 is 3.06 bits per heavy atom. The minimum Gasteiger partial charge on any atom is -0.338 e. The number of benzene rings is 1. The molecule has 0 aliphatic rings. The molecule has 7 heteroatoms. The maximum absolute atomic E-state index is 13.3. The first-order chi connectivity index (χ1) is 8.10. The van der Waals surface area contributed by atoms with Gasteiger partial charge in [-0.05, 0) is 35.0 Å². The topological polar surface area (TPSA) is 54.0 Å². The van der Waals surface area contributed by atoms with Gasteiger partial charge in [-0.15, -0.1) is 0 Å². The highest BCUT2D eigenvalue weighted by Gasteiger charge is 2.09. The van der Waals surface area contributed by atoms with E-state index >= 15 is 0 Å². The maximum atomic E-state index is 13.3. The molecule has 1 aromatic heterocycles. The van der Waals surface area contributed by atoms with Crippen molar-refractivity contribution in [3.63, 3.8) is 0 Å². The third-order valence-corrected chi connectivity index (χ3v) is 3.53. The summed E-state index contributed by atoms with van der Waals surface area (Å²) in [5.74, 6) is -0.342. The van der Waals surface area contributed by atoms with Gasteiger partial charge in [-0.1, -0.05) is 11.3 Å². The zero-order valence-electron chi connectivity index (χ0n) is 8.88. The minimum absolute atomic E-state index is 0.314. The fraction of sp³-hybridized carbons (Fsp3) is 0.200. The van der Waals surface area contributed by atoms with E-state index in [2.05, 4.69) is 31.5 Å². The van der Waals surface area contributed by atoms with Crippen LogP contribution in [0.2, 0.25) is 0 Å². The SMILES string of the molecule is CCNC(=O)Nc1nc2cc(Br)c(F)cc2s1. The zero-order chi connectivity index (χ0) is 12.4. The minimum atomic E-state index is -0.342. The number of carbonyl (C=O) groups is 1. The molecule has 0 atom stereocenters. The van der Waals surface area contributed by atoms with E-state index in [0.29, 0.717) is 26.4 Å². The van der Waals surface area contributed by atoms with Gasteiger partial charge < -0.3 is 5.32 Å². The highest BCUT2D eigenvalue weighted by molar-refractivity contribution is 9.10. The van der Waals surface area contributed by atoms with Gasteiger partial charge in [0.2, 0.25) is 0 Å². The fourth-order valence-electron chi connectivity index (χ4n) is 1.28. The molecule has 2 rings (SSSR count). The van der Waals surface area contributed by atoms with Crippen molar-refractivity contribution in [1.29, 1.82) is 0 Å². The molecule has 0 radical (unpaired) electrons. The summed E-state index contributed by atoms with van der Waals surface area (Å²) < 4.78 is 14.3. The van der Waals surface area contributed by atoms with Crippen molar-refractivity contribution in [3.05, 3.63) is 22.4 Å². The number of halogens is 2. The van der Waals surface area contributed by atoms with Gasteiger partial charge in [0.1, 0.15) is 5.82 Å². The molecule has 4 nitrogen and oxygen atoms in total. The molecule has 0 bridgehead atoms. The van der Waals surface area contributed by atoms with Gasteiger partial charge in [-0.3, -0.25) is 5.32 Å². The van der Waals surface area contributed by atoms with Crippen LogP contribution in [-0.2, 0) is 0 Å². The summed E-state index contributed by atoms with van der Waals surface area (Å²) in [4.78, 5) is 15.5. The molecular formula is C10H9BrFN3OS. The third kappa shape index (κ3) is 2.73. The van der Waals surface area contributed by atoms with Crippen LogP contribution in [0.15, 0.2) is 16.6 Å². The molecule has 2 N–H and O–H groups in total. The molecule has 0 saturated heterocycles. The van der Waals surface area contributed by atoms with E-state index in [9.17, 15) is 9.18 Å². The number of hydrogen-bond donors (Lipinski definition) is 2. The molecule has 0 unspecified atom stereocenters. The second-order valence-electron chi connectivity index (χ2n) is 3.24. The Morgan fingerprint density at radius 1 is 1.59 bits per heavy atom. The average Bonchev–Trinajstić information content (AvgIpc) is 2.60. The Balaban J connectivity index is 2.29. The van der Waals surface area contributed by atoms with Gasteiger partial charge in [-0.2, -0.15) is 0 Å². The number of urea groups is 1. The van der Waals surface area contributed by atoms with Crippen LogP contribution in [0, 0.1) is 5.82 Å². The highest BCUT2D eigenvalue weighted by Crippen LogP contribution is 2.29. The molecule has 0 spiro atoms. The lowest BCUT2D eigenvalue weighted by Gasteiger charge is -2.00. The molecule has 1 aromatic carbocycles. The first-order valence-corrected chi connectivity index (χ1v) is 6.51. The summed E-state index contributed by atoms with van der Waals surface area (Å²) in [7, 11) is 0. The van der Waals surface area contributed by atoms with E-state index in [1.54, 1.807) is 6.07 Å². The van der Waals surface area contributed by atoms with Crippen molar-refractivity contribution in [2.75, 3.05) is 11.9 Å².